The topological polar surface area (TPSA) is 37.0 Å². The van der Waals surface area contributed by atoms with Crippen LogP contribution >= 0.6 is 0 Å². The monoisotopic (exact) mass is 1010 g/mol. The molecule has 0 spiro atoms. The first-order valence-electron chi connectivity index (χ1n) is 27.4. The Bertz CT molecular complexity index is 3350. The van der Waals surface area contributed by atoms with Crippen molar-refractivity contribution in [3.05, 3.63) is 245 Å². The van der Waals surface area contributed by atoms with E-state index in [1.165, 1.54) is 53.2 Å². The average molecular weight is 1010 g/mol. The Labute approximate surface area is 454 Å². The van der Waals surface area contributed by atoms with Crippen LogP contribution in [0.1, 0.15) is 114 Å². The highest BCUT2D eigenvalue weighted by Gasteiger charge is 2.25. The van der Waals surface area contributed by atoms with Crippen LogP contribution in [-0.4, -0.2) is 27.3 Å². The Morgan fingerprint density at radius 1 is 0.816 bits per heavy atom. The highest BCUT2D eigenvalue weighted by molar-refractivity contribution is 6.19. The molecule has 6 aromatic rings. The maximum Gasteiger partial charge on any atom is 0.143 e. The minimum absolute atomic E-state index is 0.205. The summed E-state index contributed by atoms with van der Waals surface area (Å²) >= 11 is 0. The Balaban J connectivity index is 1.34. The lowest BCUT2D eigenvalue weighted by Crippen LogP contribution is -2.25. The number of rotatable bonds is 21. The number of ether oxygens (including phenoxy) is 2. The van der Waals surface area contributed by atoms with E-state index in [0.717, 1.165) is 90.8 Å². The summed E-state index contributed by atoms with van der Waals surface area (Å²) < 4.78 is 12.5. The van der Waals surface area contributed by atoms with E-state index in [1.54, 1.807) is 7.11 Å². The molecular formula is C71H79N3O2. The molecule has 2 aliphatic rings. The molecule has 1 saturated carbocycles. The van der Waals surface area contributed by atoms with Gasteiger partial charge in [-0.15, -0.1) is 0 Å². The molecule has 390 valence electrons. The maximum atomic E-state index is 6.41. The van der Waals surface area contributed by atoms with Crippen LogP contribution < -0.4 is 25.1 Å². The molecule has 0 heterocycles. The van der Waals surface area contributed by atoms with E-state index in [1.807, 2.05) is 26.3 Å². The van der Waals surface area contributed by atoms with Crippen molar-refractivity contribution in [3.8, 4) is 5.75 Å². The molecule has 0 aromatic heterocycles. The van der Waals surface area contributed by atoms with E-state index in [-0.39, 0.29) is 17.9 Å². The number of benzene rings is 6. The van der Waals surface area contributed by atoms with Crippen molar-refractivity contribution in [2.24, 2.45) is 5.92 Å². The zero-order valence-electron chi connectivity index (χ0n) is 46.6. The third kappa shape index (κ3) is 11.8. The predicted octanol–water partition coefficient (Wildman–Crippen LogP) is 18.1. The summed E-state index contributed by atoms with van der Waals surface area (Å²) in [7, 11) is 5.59. The molecule has 0 radical (unpaired) electrons. The lowest BCUT2D eigenvalue weighted by Gasteiger charge is -2.30. The molecule has 0 bridgehead atoms. The van der Waals surface area contributed by atoms with Crippen molar-refractivity contribution in [3.63, 3.8) is 0 Å². The van der Waals surface area contributed by atoms with E-state index in [4.69, 9.17) is 22.6 Å². The van der Waals surface area contributed by atoms with Gasteiger partial charge in [0, 0.05) is 45.8 Å². The molecule has 0 saturated heterocycles. The predicted molar refractivity (Wildman–Crippen MR) is 329 cm³/mol. The zero-order chi connectivity index (χ0) is 53.9. The molecule has 1 atom stereocenters. The Morgan fingerprint density at radius 3 is 2.17 bits per heavy atom. The smallest absolute Gasteiger partial charge is 0.143 e. The summed E-state index contributed by atoms with van der Waals surface area (Å²) in [5, 5.41) is 9.26. The van der Waals surface area contributed by atoms with Crippen LogP contribution in [0.3, 0.4) is 0 Å². The number of anilines is 3. The largest absolute Gasteiger partial charge is 0.496 e. The second-order valence-corrected chi connectivity index (χ2v) is 20.8. The standard InChI is InChI=1S/C71H79N3O2/c1-13-27-61(54-32-23-24-33-55(44-54)66(14-2)72-10)68(75-11)47-73(57-34-17-15-18-35-57)46-56-40-41-63-65(49(5)6)45-67(64-43-42-60(52(9)48(3)4)69(56)70(63)64)74(58-36-19-16-20-37-58)51(8)29-25-28-50(7)59-38-26-39-62(71(59)76-12)53-30-21-22-31-53/h13,15-20,23,25-29,32-49,53,66,72H,1,8-9,14,21-22,24,30-31H2,2-7,10-12H3/b29-25-,50-28+,56-46+,61-27-,68-47-. The van der Waals surface area contributed by atoms with Gasteiger partial charge in [0.1, 0.15) is 11.5 Å². The van der Waals surface area contributed by atoms with Gasteiger partial charge in [-0.2, -0.15) is 0 Å². The first-order valence-corrected chi connectivity index (χ1v) is 27.4. The molecular weight excluding hydrogens is 927 g/mol. The van der Waals surface area contributed by atoms with Crippen LogP contribution in [0.15, 0.2) is 218 Å². The number of likely N-dealkylation sites (N-methyl/N-ethyl adjacent to an activating group) is 1. The number of allylic oxidation sites excluding steroid dienone is 11. The first kappa shape index (κ1) is 54.7. The molecule has 1 N–H and O–H groups in total. The molecule has 6 aromatic carbocycles. The van der Waals surface area contributed by atoms with Gasteiger partial charge >= 0.3 is 0 Å². The Kier molecular flexibility index (Phi) is 18.2. The number of methoxy groups -OCH3 is 2. The molecule has 0 aliphatic heterocycles. The first-order chi connectivity index (χ1) is 36.9. The number of hydrogen-bond donors (Lipinski definition) is 1. The van der Waals surface area contributed by atoms with Gasteiger partial charge in [0.15, 0.2) is 0 Å². The molecule has 76 heavy (non-hydrogen) atoms. The SMILES string of the molecule is C=C/C=C(C1=CC(C(CC)NC)=CCC=C1)\C(=C\N(/C=c1\ccc2c(C(C)C)cc(N(C(=C)/C=C\C=C(/C)c3cccc(C4CCCC4)c3OC)c3ccccc3)c3ccc(C(=C)C(C)C)c1c23)c1ccccc1)OC. The van der Waals surface area contributed by atoms with Gasteiger partial charge in [-0.1, -0.05) is 189 Å². The molecule has 0 amide bonds. The number of nitrogens with one attached hydrogen (secondary N) is 1. The van der Waals surface area contributed by atoms with E-state index >= 15 is 0 Å². The summed E-state index contributed by atoms with van der Waals surface area (Å²) in [4.78, 5) is 4.52. The summed E-state index contributed by atoms with van der Waals surface area (Å²) in [6.45, 7) is 27.2. The fourth-order valence-electron chi connectivity index (χ4n) is 11.2. The third-order valence-corrected chi connectivity index (χ3v) is 15.3. The second-order valence-electron chi connectivity index (χ2n) is 20.8. The number of nitrogens with zero attached hydrogens (tertiary/aromatic N) is 2. The van der Waals surface area contributed by atoms with Crippen molar-refractivity contribution < 1.29 is 9.47 Å². The van der Waals surface area contributed by atoms with Gasteiger partial charge < -0.3 is 24.6 Å². The Hall–Kier alpha value is -7.60. The van der Waals surface area contributed by atoms with E-state index < -0.39 is 0 Å². The lowest BCUT2D eigenvalue weighted by atomic mass is 9.85. The van der Waals surface area contributed by atoms with Crippen LogP contribution in [0.2, 0.25) is 0 Å². The third-order valence-electron chi connectivity index (χ3n) is 15.3. The van der Waals surface area contributed by atoms with Gasteiger partial charge in [0.25, 0.3) is 0 Å². The summed E-state index contributed by atoms with van der Waals surface area (Å²) in [5.74, 6) is 2.67. The molecule has 5 nitrogen and oxygen atoms in total. The van der Waals surface area contributed by atoms with Crippen molar-refractivity contribution in [1.82, 2.24) is 5.32 Å². The maximum absolute atomic E-state index is 6.41. The molecule has 2 aliphatic carbocycles. The van der Waals surface area contributed by atoms with E-state index in [2.05, 4.69) is 227 Å². The van der Waals surface area contributed by atoms with Crippen LogP contribution in [0.4, 0.5) is 17.1 Å². The highest BCUT2D eigenvalue weighted by Crippen LogP contribution is 2.45. The minimum atomic E-state index is 0.205. The fraction of sp³-hybridized carbons (Fsp3) is 0.268. The van der Waals surface area contributed by atoms with Gasteiger partial charge in [0.05, 0.1) is 26.1 Å². The molecule has 8 rings (SSSR count). The molecule has 1 unspecified atom stereocenters. The average Bonchev–Trinajstić information content (AvgIpc) is 3.98. The van der Waals surface area contributed by atoms with Gasteiger partial charge in [-0.25, -0.2) is 0 Å². The van der Waals surface area contributed by atoms with Gasteiger partial charge in [0.2, 0.25) is 0 Å². The molecule has 1 fully saturated rings. The zero-order valence-corrected chi connectivity index (χ0v) is 46.6. The summed E-state index contributed by atoms with van der Waals surface area (Å²) in [5.41, 5.74) is 14.3. The van der Waals surface area contributed by atoms with Crippen LogP contribution in [0, 0.1) is 5.92 Å². The highest BCUT2D eigenvalue weighted by atomic mass is 16.5. The Morgan fingerprint density at radius 2 is 1.53 bits per heavy atom. The molecule has 5 heteroatoms. The van der Waals surface area contributed by atoms with Crippen molar-refractivity contribution in [1.29, 1.82) is 0 Å². The number of hydrogen-bond acceptors (Lipinski definition) is 5. The van der Waals surface area contributed by atoms with E-state index in [0.29, 0.717) is 11.7 Å². The summed E-state index contributed by atoms with van der Waals surface area (Å²) in [6, 6.07) is 39.6. The lowest BCUT2D eigenvalue weighted by molar-refractivity contribution is 0.301. The van der Waals surface area contributed by atoms with Crippen molar-refractivity contribution in [2.75, 3.05) is 31.1 Å². The van der Waals surface area contributed by atoms with Crippen molar-refractivity contribution in [2.45, 2.75) is 97.9 Å². The fourth-order valence-corrected chi connectivity index (χ4v) is 11.2. The van der Waals surface area contributed by atoms with Crippen LogP contribution in [0.25, 0.3) is 38.9 Å². The van der Waals surface area contributed by atoms with E-state index in [9.17, 15) is 0 Å². The van der Waals surface area contributed by atoms with Crippen LogP contribution in [0.5, 0.6) is 5.75 Å². The van der Waals surface area contributed by atoms with Gasteiger partial charge in [-0.3, -0.25) is 0 Å². The van der Waals surface area contributed by atoms with Crippen LogP contribution in [-0.2, 0) is 4.74 Å². The van der Waals surface area contributed by atoms with Crippen molar-refractivity contribution >= 4 is 56.0 Å². The summed E-state index contributed by atoms with van der Waals surface area (Å²) in [6.07, 6.45) is 30.5. The normalized spacial score (nSPS) is 15.4. The minimum Gasteiger partial charge on any atom is -0.496 e. The quantitative estimate of drug-likeness (QED) is 0.0574. The second kappa shape index (κ2) is 25.3. The van der Waals surface area contributed by atoms with Gasteiger partial charge in [-0.05, 0) is 160 Å². The number of para-hydroxylation sites is 3.